The van der Waals surface area contributed by atoms with Crippen molar-refractivity contribution in [2.45, 2.75) is 19.3 Å². The van der Waals surface area contributed by atoms with Crippen molar-refractivity contribution < 1.29 is 0 Å². The molecule has 0 saturated heterocycles. The quantitative estimate of drug-likeness (QED) is 0.786. The van der Waals surface area contributed by atoms with Crippen LogP contribution in [0.15, 0.2) is 30.3 Å². The van der Waals surface area contributed by atoms with E-state index < -0.39 is 0 Å². The molecule has 2 aromatic rings. The smallest absolute Gasteiger partial charge is 0.149 e. The average Bonchev–Trinajstić information content (AvgIpc) is 2.81. The van der Waals surface area contributed by atoms with Gasteiger partial charge in [-0.3, -0.25) is 0 Å². The topological polar surface area (TPSA) is 51.8 Å². The monoisotopic (exact) mass is 211 g/mol. The molecular formula is C13H13N3. The second-order valence-electron chi connectivity index (χ2n) is 4.11. The van der Waals surface area contributed by atoms with Crippen LogP contribution in [0, 0.1) is 0 Å². The molecule has 1 heterocycles. The summed E-state index contributed by atoms with van der Waals surface area (Å²) in [6.07, 6.45) is 3.27. The van der Waals surface area contributed by atoms with Gasteiger partial charge in [0.25, 0.3) is 0 Å². The number of benzene rings is 1. The van der Waals surface area contributed by atoms with Crippen molar-refractivity contribution in [1.82, 2.24) is 10.2 Å². The van der Waals surface area contributed by atoms with Gasteiger partial charge in [-0.25, -0.2) is 0 Å². The van der Waals surface area contributed by atoms with Gasteiger partial charge in [-0.05, 0) is 24.8 Å². The molecule has 0 radical (unpaired) electrons. The zero-order valence-electron chi connectivity index (χ0n) is 8.98. The summed E-state index contributed by atoms with van der Waals surface area (Å²) >= 11 is 0. The fourth-order valence-electron chi connectivity index (χ4n) is 2.34. The first-order chi connectivity index (χ1) is 7.86. The van der Waals surface area contributed by atoms with Crippen molar-refractivity contribution in [3.05, 3.63) is 41.5 Å². The summed E-state index contributed by atoms with van der Waals surface area (Å²) in [5, 5.41) is 8.30. The van der Waals surface area contributed by atoms with Crippen molar-refractivity contribution in [1.29, 1.82) is 0 Å². The minimum Gasteiger partial charge on any atom is -0.382 e. The predicted molar refractivity (Wildman–Crippen MR) is 63.9 cm³/mol. The molecule has 3 rings (SSSR count). The first kappa shape index (κ1) is 9.33. The molecule has 1 aliphatic rings. The molecule has 0 atom stereocenters. The van der Waals surface area contributed by atoms with Crippen molar-refractivity contribution in [2.24, 2.45) is 0 Å². The summed E-state index contributed by atoms with van der Waals surface area (Å²) in [7, 11) is 0. The van der Waals surface area contributed by atoms with E-state index in [0.29, 0.717) is 5.82 Å². The summed E-state index contributed by atoms with van der Waals surface area (Å²) in [6, 6.07) is 10.2. The van der Waals surface area contributed by atoms with Crippen LogP contribution in [-0.4, -0.2) is 10.2 Å². The van der Waals surface area contributed by atoms with E-state index in [0.717, 1.165) is 30.5 Å². The Morgan fingerprint density at radius 2 is 1.69 bits per heavy atom. The number of hydrogen-bond acceptors (Lipinski definition) is 3. The molecule has 0 aliphatic heterocycles. The summed E-state index contributed by atoms with van der Waals surface area (Å²) in [5.74, 6) is 0.604. The minimum absolute atomic E-state index is 0.604. The van der Waals surface area contributed by atoms with Crippen molar-refractivity contribution in [2.75, 3.05) is 5.73 Å². The van der Waals surface area contributed by atoms with Crippen LogP contribution >= 0.6 is 0 Å². The lowest BCUT2D eigenvalue weighted by Gasteiger charge is -2.07. The molecule has 1 aromatic heterocycles. The second kappa shape index (κ2) is 3.59. The van der Waals surface area contributed by atoms with Gasteiger partial charge in [0.2, 0.25) is 0 Å². The van der Waals surface area contributed by atoms with E-state index in [-0.39, 0.29) is 0 Å². The maximum Gasteiger partial charge on any atom is 0.149 e. The Morgan fingerprint density at radius 3 is 2.50 bits per heavy atom. The molecule has 0 bridgehead atoms. The Kier molecular flexibility index (Phi) is 2.10. The van der Waals surface area contributed by atoms with Gasteiger partial charge in [-0.15, -0.1) is 10.2 Å². The summed E-state index contributed by atoms with van der Waals surface area (Å²) in [6.45, 7) is 0. The summed E-state index contributed by atoms with van der Waals surface area (Å²) in [5.41, 5.74) is 10.5. The minimum atomic E-state index is 0.604. The molecule has 0 unspecified atom stereocenters. The fraction of sp³-hybridized carbons (Fsp3) is 0.231. The predicted octanol–water partition coefficient (Wildman–Crippen LogP) is 2.21. The zero-order valence-corrected chi connectivity index (χ0v) is 8.98. The van der Waals surface area contributed by atoms with E-state index in [9.17, 15) is 0 Å². The van der Waals surface area contributed by atoms with Crippen LogP contribution in [0.25, 0.3) is 11.3 Å². The number of nitrogen functional groups attached to an aromatic ring is 1. The van der Waals surface area contributed by atoms with Crippen molar-refractivity contribution >= 4 is 5.82 Å². The Morgan fingerprint density at radius 1 is 0.938 bits per heavy atom. The van der Waals surface area contributed by atoms with Gasteiger partial charge in [0.05, 0.1) is 5.69 Å². The lowest BCUT2D eigenvalue weighted by atomic mass is 10.0. The highest BCUT2D eigenvalue weighted by atomic mass is 15.1. The molecular weight excluding hydrogens is 198 g/mol. The molecule has 3 heteroatoms. The van der Waals surface area contributed by atoms with Gasteiger partial charge in [0.1, 0.15) is 5.82 Å². The lowest BCUT2D eigenvalue weighted by Crippen LogP contribution is -2.02. The third-order valence-corrected chi connectivity index (χ3v) is 3.12. The number of hydrogen-bond donors (Lipinski definition) is 1. The lowest BCUT2D eigenvalue weighted by molar-refractivity contribution is 0.912. The van der Waals surface area contributed by atoms with E-state index in [1.54, 1.807) is 0 Å². The number of rotatable bonds is 1. The largest absolute Gasteiger partial charge is 0.382 e. The zero-order chi connectivity index (χ0) is 11.0. The fourth-order valence-corrected chi connectivity index (χ4v) is 2.34. The van der Waals surface area contributed by atoms with Gasteiger partial charge >= 0.3 is 0 Å². The average molecular weight is 211 g/mol. The Labute approximate surface area is 94.3 Å². The summed E-state index contributed by atoms with van der Waals surface area (Å²) in [4.78, 5) is 0. The van der Waals surface area contributed by atoms with Crippen molar-refractivity contribution in [3.8, 4) is 11.3 Å². The van der Waals surface area contributed by atoms with E-state index in [1.165, 1.54) is 11.1 Å². The Hall–Kier alpha value is -1.90. The van der Waals surface area contributed by atoms with E-state index in [4.69, 9.17) is 5.73 Å². The standard InChI is InChI=1S/C13H13N3/c14-13-11-8-4-7-10(11)12(15-16-13)9-5-2-1-3-6-9/h1-3,5-6H,4,7-8H2,(H2,14,16). The van der Waals surface area contributed by atoms with Crippen LogP contribution in [0.1, 0.15) is 17.5 Å². The number of nitrogens with zero attached hydrogens (tertiary/aromatic N) is 2. The molecule has 0 saturated carbocycles. The van der Waals surface area contributed by atoms with Crippen LogP contribution in [0.5, 0.6) is 0 Å². The molecule has 0 fully saturated rings. The number of aromatic nitrogens is 2. The maximum atomic E-state index is 5.85. The SMILES string of the molecule is Nc1nnc(-c2ccccc2)c2c1CCC2. The van der Waals surface area contributed by atoms with Gasteiger partial charge < -0.3 is 5.73 Å². The first-order valence-electron chi connectivity index (χ1n) is 5.55. The molecule has 80 valence electrons. The van der Waals surface area contributed by atoms with Crippen LogP contribution in [0.2, 0.25) is 0 Å². The van der Waals surface area contributed by atoms with Crippen LogP contribution in [0.3, 0.4) is 0 Å². The molecule has 0 spiro atoms. The summed E-state index contributed by atoms with van der Waals surface area (Å²) < 4.78 is 0. The molecule has 1 aliphatic carbocycles. The molecule has 1 aromatic carbocycles. The van der Waals surface area contributed by atoms with Gasteiger partial charge in [0.15, 0.2) is 0 Å². The van der Waals surface area contributed by atoms with Crippen molar-refractivity contribution in [3.63, 3.8) is 0 Å². The normalized spacial score (nSPS) is 13.8. The third-order valence-electron chi connectivity index (χ3n) is 3.12. The third kappa shape index (κ3) is 1.36. The van der Waals surface area contributed by atoms with E-state index in [2.05, 4.69) is 22.3 Å². The highest BCUT2D eigenvalue weighted by molar-refractivity contribution is 5.67. The van der Waals surface area contributed by atoms with Gasteiger partial charge in [-0.2, -0.15) is 0 Å². The second-order valence-corrected chi connectivity index (χ2v) is 4.11. The molecule has 0 amide bonds. The number of anilines is 1. The van der Waals surface area contributed by atoms with E-state index >= 15 is 0 Å². The van der Waals surface area contributed by atoms with Crippen LogP contribution in [-0.2, 0) is 12.8 Å². The highest BCUT2D eigenvalue weighted by Gasteiger charge is 2.20. The Bertz CT molecular complexity index is 520. The van der Waals surface area contributed by atoms with E-state index in [1.807, 2.05) is 18.2 Å². The van der Waals surface area contributed by atoms with Crippen LogP contribution in [0.4, 0.5) is 5.82 Å². The van der Waals surface area contributed by atoms with Gasteiger partial charge in [-0.1, -0.05) is 30.3 Å². The molecule has 2 N–H and O–H groups in total. The highest BCUT2D eigenvalue weighted by Crippen LogP contribution is 2.32. The van der Waals surface area contributed by atoms with Crippen LogP contribution < -0.4 is 5.73 Å². The Balaban J connectivity index is 2.20. The maximum absolute atomic E-state index is 5.85. The number of nitrogens with two attached hydrogens (primary N) is 1. The first-order valence-corrected chi connectivity index (χ1v) is 5.55. The van der Waals surface area contributed by atoms with Gasteiger partial charge in [0, 0.05) is 11.1 Å². The molecule has 3 nitrogen and oxygen atoms in total. The number of fused-ring (bicyclic) bond motifs is 1. The molecule has 16 heavy (non-hydrogen) atoms.